The van der Waals surface area contributed by atoms with E-state index in [1.165, 1.54) is 24.1 Å². The van der Waals surface area contributed by atoms with E-state index in [-0.39, 0.29) is 0 Å². The van der Waals surface area contributed by atoms with Crippen LogP contribution in [0.15, 0.2) is 10.2 Å². The second-order valence-electron chi connectivity index (χ2n) is 2.68. The van der Waals surface area contributed by atoms with Crippen molar-refractivity contribution in [2.24, 2.45) is 10.2 Å². The Kier molecular flexibility index (Phi) is 10.4. The molecule has 0 saturated carbocycles. The van der Waals surface area contributed by atoms with Gasteiger partial charge in [0.2, 0.25) is 0 Å². The fourth-order valence-corrected chi connectivity index (χ4v) is 1.71. The van der Waals surface area contributed by atoms with Crippen LogP contribution in [0, 0.1) is 0 Å². The van der Waals surface area contributed by atoms with Crippen molar-refractivity contribution in [3.63, 3.8) is 0 Å². The summed E-state index contributed by atoms with van der Waals surface area (Å²) < 4.78 is 4.73. The van der Waals surface area contributed by atoms with E-state index < -0.39 is 0 Å². The molecule has 0 fully saturated rings. The number of hydrogen-bond donors (Lipinski definition) is 2. The van der Waals surface area contributed by atoms with E-state index in [9.17, 15) is 0 Å². The summed E-state index contributed by atoms with van der Waals surface area (Å²) in [5.41, 5.74) is 0. The normalized spacial score (nSPS) is 17.6. The van der Waals surface area contributed by atoms with Crippen LogP contribution in [0.5, 0.6) is 0 Å². The Bertz CT molecular complexity index is 235. The van der Waals surface area contributed by atoms with E-state index in [0.717, 1.165) is 10.9 Å². The molecule has 0 amide bonds. The van der Waals surface area contributed by atoms with Gasteiger partial charge in [0.05, 0.1) is 12.1 Å². The first-order chi connectivity index (χ1) is 7.58. The summed E-state index contributed by atoms with van der Waals surface area (Å²) in [6.45, 7) is 3.89. The molecule has 0 aromatic carbocycles. The highest BCUT2D eigenvalue weighted by molar-refractivity contribution is 15.0. The Morgan fingerprint density at radius 1 is 1.19 bits per heavy atom. The van der Waals surface area contributed by atoms with Gasteiger partial charge in [-0.3, -0.25) is 4.72 Å². The van der Waals surface area contributed by atoms with Gasteiger partial charge in [-0.05, 0) is 25.8 Å². The predicted octanol–water partition coefficient (Wildman–Crippen LogP) is 2.61. The SMILES string of the molecule is CC1=NN(C)NS1.CC1=NN(C)SN1.II. The molecule has 0 saturated heterocycles. The van der Waals surface area contributed by atoms with Crippen LogP contribution >= 0.6 is 61.3 Å². The van der Waals surface area contributed by atoms with Crippen LogP contribution in [0.2, 0.25) is 0 Å². The van der Waals surface area contributed by atoms with Crippen LogP contribution in [0.4, 0.5) is 0 Å². The van der Waals surface area contributed by atoms with Gasteiger partial charge in [-0.2, -0.15) is 15.0 Å². The molecule has 2 aliphatic heterocycles. The number of hydrazine groups is 1. The predicted molar refractivity (Wildman–Crippen MR) is 91.2 cm³/mol. The van der Waals surface area contributed by atoms with Crippen molar-refractivity contribution in [2.45, 2.75) is 13.8 Å². The summed E-state index contributed by atoms with van der Waals surface area (Å²) in [6, 6.07) is 0. The fraction of sp³-hybridized carbons (Fsp3) is 0.667. The van der Waals surface area contributed by atoms with Gasteiger partial charge < -0.3 is 0 Å². The number of nitrogens with zero attached hydrogens (tertiary/aromatic N) is 4. The van der Waals surface area contributed by atoms with Crippen molar-refractivity contribution in [2.75, 3.05) is 14.1 Å². The van der Waals surface area contributed by atoms with Gasteiger partial charge in [0.25, 0.3) is 0 Å². The molecule has 2 heterocycles. The average Bonchev–Trinajstić information content (AvgIpc) is 2.80. The molecular formula is C6H14I2N6S2. The zero-order valence-corrected chi connectivity index (χ0v) is 15.3. The van der Waals surface area contributed by atoms with Gasteiger partial charge in [-0.25, -0.2) is 9.53 Å². The van der Waals surface area contributed by atoms with Crippen molar-refractivity contribution in [1.29, 1.82) is 0 Å². The van der Waals surface area contributed by atoms with Crippen LogP contribution in [0.3, 0.4) is 0 Å². The third-order valence-electron chi connectivity index (χ3n) is 1.23. The van der Waals surface area contributed by atoms with Gasteiger partial charge in [-0.1, -0.05) is 0 Å². The first-order valence-electron chi connectivity index (χ1n) is 4.15. The molecule has 0 radical (unpaired) electrons. The van der Waals surface area contributed by atoms with Crippen molar-refractivity contribution in [3.8, 4) is 0 Å². The summed E-state index contributed by atoms with van der Waals surface area (Å²) in [5.74, 6) is 0.965. The van der Waals surface area contributed by atoms with E-state index in [0.29, 0.717) is 0 Å². The van der Waals surface area contributed by atoms with Gasteiger partial charge in [0.15, 0.2) is 0 Å². The lowest BCUT2D eigenvalue weighted by Crippen LogP contribution is -2.16. The van der Waals surface area contributed by atoms with E-state index in [1.807, 2.05) is 27.9 Å². The molecule has 0 aromatic rings. The van der Waals surface area contributed by atoms with Crippen molar-refractivity contribution < 1.29 is 0 Å². The zero-order valence-electron chi connectivity index (χ0n) is 9.36. The Labute approximate surface area is 128 Å². The molecule has 6 nitrogen and oxygen atoms in total. The molecule has 0 bridgehead atoms. The number of halogens is 2. The van der Waals surface area contributed by atoms with Crippen LogP contribution in [0.25, 0.3) is 0 Å². The highest BCUT2D eigenvalue weighted by Crippen LogP contribution is 2.07. The molecular weight excluding hydrogens is 474 g/mol. The lowest BCUT2D eigenvalue weighted by Gasteiger charge is -2.00. The molecule has 2 rings (SSSR count). The first kappa shape index (κ1) is 16.9. The van der Waals surface area contributed by atoms with E-state index >= 15 is 0 Å². The van der Waals surface area contributed by atoms with Crippen molar-refractivity contribution in [1.82, 2.24) is 19.1 Å². The first-order valence-corrected chi connectivity index (χ1v) is 12.0. The lowest BCUT2D eigenvalue weighted by molar-refractivity contribution is 0.340. The molecule has 0 unspecified atom stereocenters. The standard InChI is InChI=1S/2C3H7N3S.I2/c1-3-4-6(2)5-7-3;1-3-4-6(2)7-5-3;1-2/h5H,1-2H3;1-2H3,(H,4,5);. The van der Waals surface area contributed by atoms with Gasteiger partial charge >= 0.3 is 0 Å². The number of hydrazone groups is 2. The molecule has 0 aromatic heterocycles. The summed E-state index contributed by atoms with van der Waals surface area (Å²) in [5, 5.41) is 10.7. The van der Waals surface area contributed by atoms with Crippen LogP contribution in [0.1, 0.15) is 13.8 Å². The van der Waals surface area contributed by atoms with E-state index in [1.54, 1.807) is 9.53 Å². The molecule has 0 atom stereocenters. The number of amidine groups is 1. The van der Waals surface area contributed by atoms with Crippen molar-refractivity contribution >= 4 is 72.2 Å². The minimum absolute atomic E-state index is 0.965. The van der Waals surface area contributed by atoms with E-state index in [2.05, 4.69) is 57.0 Å². The molecule has 10 heteroatoms. The largest absolute Gasteiger partial charge is 0.298 e. The fourth-order valence-electron chi connectivity index (χ4n) is 0.768. The lowest BCUT2D eigenvalue weighted by atomic mass is 10.7. The summed E-state index contributed by atoms with van der Waals surface area (Å²) in [6.07, 6.45) is 0. The average molecular weight is 488 g/mol. The highest BCUT2D eigenvalue weighted by atomic mass is 128. The van der Waals surface area contributed by atoms with Crippen LogP contribution in [-0.4, -0.2) is 34.5 Å². The summed E-state index contributed by atoms with van der Waals surface area (Å²) >= 11 is 7.26. The maximum absolute atomic E-state index is 3.99. The number of hydrogen-bond acceptors (Lipinski definition) is 8. The Morgan fingerprint density at radius 2 is 1.81 bits per heavy atom. The maximum Gasteiger partial charge on any atom is 0.131 e. The molecule has 16 heavy (non-hydrogen) atoms. The quantitative estimate of drug-likeness (QED) is 0.404. The molecule has 2 N–H and O–H groups in total. The van der Waals surface area contributed by atoms with E-state index in [4.69, 9.17) is 0 Å². The number of nitrogens with one attached hydrogen (secondary N) is 2. The van der Waals surface area contributed by atoms with Crippen LogP contribution < -0.4 is 9.55 Å². The highest BCUT2D eigenvalue weighted by Gasteiger charge is 2.03. The second-order valence-corrected chi connectivity index (χ2v) is 4.57. The monoisotopic (exact) mass is 488 g/mol. The zero-order chi connectivity index (χ0) is 12.6. The summed E-state index contributed by atoms with van der Waals surface area (Å²) in [7, 11) is 3.76. The topological polar surface area (TPSA) is 55.3 Å². The Balaban J connectivity index is 0.000000244. The smallest absolute Gasteiger partial charge is 0.131 e. The third kappa shape index (κ3) is 8.03. The molecule has 0 spiro atoms. The minimum atomic E-state index is 0.965. The van der Waals surface area contributed by atoms with Crippen LogP contribution in [-0.2, 0) is 0 Å². The van der Waals surface area contributed by atoms with Crippen molar-refractivity contribution in [3.05, 3.63) is 0 Å². The Hall–Kier alpha value is 0.860. The second kappa shape index (κ2) is 9.85. The maximum atomic E-state index is 3.99. The summed E-state index contributed by atoms with van der Waals surface area (Å²) in [4.78, 5) is 2.92. The van der Waals surface area contributed by atoms with Gasteiger partial charge in [-0.15, -0.1) is 0 Å². The van der Waals surface area contributed by atoms with Gasteiger partial charge in [0, 0.05) is 51.3 Å². The van der Waals surface area contributed by atoms with Gasteiger partial charge in [0.1, 0.15) is 10.9 Å². The Morgan fingerprint density at radius 3 is 1.94 bits per heavy atom. The third-order valence-corrected chi connectivity index (χ3v) is 2.70. The number of rotatable bonds is 0. The molecule has 2 aliphatic rings. The molecule has 94 valence electrons. The minimum Gasteiger partial charge on any atom is -0.298 e. The molecule has 0 aliphatic carbocycles.